The van der Waals surface area contributed by atoms with Crippen LogP contribution in [0.3, 0.4) is 0 Å². The number of nitrogens with one attached hydrogen (secondary N) is 1. The molecule has 0 bridgehead atoms. The first-order valence-corrected chi connectivity index (χ1v) is 11.9. The van der Waals surface area contributed by atoms with Crippen molar-refractivity contribution in [3.63, 3.8) is 0 Å². The molecule has 0 saturated carbocycles. The third-order valence-corrected chi connectivity index (χ3v) is 7.78. The minimum absolute atomic E-state index is 0.0240. The summed E-state index contributed by atoms with van der Waals surface area (Å²) in [6, 6.07) is 6.30. The average Bonchev–Trinajstić information content (AvgIpc) is 3.08. The Hall–Kier alpha value is -1.93. The second kappa shape index (κ2) is 9.26. The highest BCUT2D eigenvalue weighted by Gasteiger charge is 2.34. The Kier molecular flexibility index (Phi) is 6.95. The van der Waals surface area contributed by atoms with Crippen molar-refractivity contribution in [2.75, 3.05) is 31.5 Å². The van der Waals surface area contributed by atoms with Crippen LogP contribution in [0.4, 0.5) is 5.69 Å². The van der Waals surface area contributed by atoms with Gasteiger partial charge in [-0.1, -0.05) is 20.3 Å². The number of hydrogen-bond donors (Lipinski definition) is 1. The van der Waals surface area contributed by atoms with E-state index in [1.807, 2.05) is 0 Å². The van der Waals surface area contributed by atoms with Gasteiger partial charge in [-0.15, -0.1) is 0 Å². The zero-order valence-electron chi connectivity index (χ0n) is 17.3. The summed E-state index contributed by atoms with van der Waals surface area (Å²) in [5.74, 6) is 0.0198. The molecule has 2 heterocycles. The molecule has 2 aliphatic rings. The van der Waals surface area contributed by atoms with Crippen molar-refractivity contribution in [2.24, 2.45) is 11.8 Å². The Bertz CT molecular complexity index is 830. The van der Waals surface area contributed by atoms with E-state index in [9.17, 15) is 18.0 Å². The van der Waals surface area contributed by atoms with E-state index >= 15 is 0 Å². The number of amides is 2. The van der Waals surface area contributed by atoms with Crippen LogP contribution in [0.5, 0.6) is 0 Å². The van der Waals surface area contributed by atoms with Gasteiger partial charge in [0, 0.05) is 38.3 Å². The van der Waals surface area contributed by atoms with Gasteiger partial charge in [0.05, 0.1) is 10.8 Å². The molecule has 8 heteroatoms. The molecular weight excluding hydrogens is 390 g/mol. The molecule has 3 rings (SSSR count). The van der Waals surface area contributed by atoms with Gasteiger partial charge in [-0.3, -0.25) is 9.59 Å². The van der Waals surface area contributed by atoms with Gasteiger partial charge < -0.3 is 10.2 Å². The Labute approximate surface area is 173 Å². The van der Waals surface area contributed by atoms with Gasteiger partial charge in [0.15, 0.2) is 0 Å². The number of rotatable bonds is 7. The highest BCUT2D eigenvalue weighted by atomic mass is 32.2. The number of piperidine rings is 1. The monoisotopic (exact) mass is 421 g/mol. The maximum Gasteiger partial charge on any atom is 0.243 e. The summed E-state index contributed by atoms with van der Waals surface area (Å²) in [4.78, 5) is 26.6. The first kappa shape index (κ1) is 21.8. The number of nitrogens with zero attached hydrogens (tertiary/aromatic N) is 2. The zero-order valence-corrected chi connectivity index (χ0v) is 18.1. The molecule has 1 aromatic rings. The van der Waals surface area contributed by atoms with E-state index in [2.05, 4.69) is 19.2 Å². The second-order valence-corrected chi connectivity index (χ2v) is 10.1. The molecule has 1 unspecified atom stereocenters. The van der Waals surface area contributed by atoms with E-state index in [0.717, 1.165) is 25.7 Å². The molecule has 0 radical (unpaired) electrons. The lowest BCUT2D eigenvalue weighted by molar-refractivity contribution is -0.128. The molecule has 1 atom stereocenters. The van der Waals surface area contributed by atoms with Gasteiger partial charge in [0.25, 0.3) is 0 Å². The maximum absolute atomic E-state index is 12.8. The fourth-order valence-electron chi connectivity index (χ4n) is 3.84. The van der Waals surface area contributed by atoms with Crippen LogP contribution in [0, 0.1) is 11.8 Å². The molecule has 2 saturated heterocycles. The van der Waals surface area contributed by atoms with E-state index in [0.29, 0.717) is 37.8 Å². The van der Waals surface area contributed by atoms with Crippen molar-refractivity contribution >= 4 is 27.5 Å². The third-order valence-electron chi connectivity index (χ3n) is 5.87. The summed E-state index contributed by atoms with van der Waals surface area (Å²) >= 11 is 0. The fraction of sp³-hybridized carbons (Fsp3) is 0.619. The topological polar surface area (TPSA) is 86.8 Å². The number of hydrogen-bond acceptors (Lipinski definition) is 4. The van der Waals surface area contributed by atoms with Gasteiger partial charge in [-0.2, -0.15) is 4.31 Å². The molecular formula is C21H31N3O4S. The first-order valence-electron chi connectivity index (χ1n) is 10.5. The average molecular weight is 422 g/mol. The van der Waals surface area contributed by atoms with E-state index in [-0.39, 0.29) is 29.0 Å². The standard InChI is InChI=1S/C21H31N3O4S/c1-3-4-11-23-15-17(14-20(23)25)21(26)22-18-5-7-19(8-6-18)29(27,28)24-12-9-16(2)10-13-24/h5-8,16-17H,3-4,9-15H2,1-2H3,(H,22,26). The molecule has 160 valence electrons. The smallest absolute Gasteiger partial charge is 0.243 e. The number of sulfonamides is 1. The summed E-state index contributed by atoms with van der Waals surface area (Å²) in [5.41, 5.74) is 0.542. The van der Waals surface area contributed by atoms with Crippen molar-refractivity contribution < 1.29 is 18.0 Å². The van der Waals surface area contributed by atoms with Crippen molar-refractivity contribution in [2.45, 2.75) is 50.8 Å². The second-order valence-electron chi connectivity index (χ2n) is 8.19. The largest absolute Gasteiger partial charge is 0.342 e. The van der Waals surface area contributed by atoms with Crippen LogP contribution >= 0.6 is 0 Å². The lowest BCUT2D eigenvalue weighted by Gasteiger charge is -2.29. The highest BCUT2D eigenvalue weighted by molar-refractivity contribution is 7.89. The Morgan fingerprint density at radius 2 is 1.83 bits per heavy atom. The van der Waals surface area contributed by atoms with E-state index < -0.39 is 10.0 Å². The zero-order chi connectivity index (χ0) is 21.0. The quantitative estimate of drug-likeness (QED) is 0.733. The Morgan fingerprint density at radius 3 is 2.45 bits per heavy atom. The third kappa shape index (κ3) is 5.17. The number of unbranched alkanes of at least 4 members (excludes halogenated alkanes) is 1. The van der Waals surface area contributed by atoms with Crippen LogP contribution in [0.15, 0.2) is 29.2 Å². The van der Waals surface area contributed by atoms with Crippen LogP contribution in [-0.2, 0) is 19.6 Å². The van der Waals surface area contributed by atoms with Gasteiger partial charge in [-0.05, 0) is 49.4 Å². The van der Waals surface area contributed by atoms with Crippen molar-refractivity contribution in [1.29, 1.82) is 0 Å². The summed E-state index contributed by atoms with van der Waals surface area (Å²) < 4.78 is 27.1. The predicted molar refractivity (Wildman–Crippen MR) is 112 cm³/mol. The number of likely N-dealkylation sites (tertiary alicyclic amines) is 1. The minimum Gasteiger partial charge on any atom is -0.342 e. The molecule has 2 amide bonds. The van der Waals surface area contributed by atoms with Gasteiger partial charge >= 0.3 is 0 Å². The van der Waals surface area contributed by atoms with Crippen molar-refractivity contribution in [1.82, 2.24) is 9.21 Å². The van der Waals surface area contributed by atoms with Crippen molar-refractivity contribution in [3.05, 3.63) is 24.3 Å². The molecule has 29 heavy (non-hydrogen) atoms. The molecule has 2 fully saturated rings. The summed E-state index contributed by atoms with van der Waals surface area (Å²) in [7, 11) is -3.50. The van der Waals surface area contributed by atoms with Gasteiger partial charge in [0.2, 0.25) is 21.8 Å². The van der Waals surface area contributed by atoms with E-state index in [1.165, 1.54) is 16.4 Å². The molecule has 0 aliphatic carbocycles. The number of carbonyl (C=O) groups excluding carboxylic acids is 2. The first-order chi connectivity index (χ1) is 13.8. The van der Waals surface area contributed by atoms with Crippen molar-refractivity contribution in [3.8, 4) is 0 Å². The molecule has 1 aromatic carbocycles. The van der Waals surface area contributed by atoms with Gasteiger partial charge in [0.1, 0.15) is 0 Å². The highest BCUT2D eigenvalue weighted by Crippen LogP contribution is 2.25. The van der Waals surface area contributed by atoms with Crippen LogP contribution in [0.25, 0.3) is 0 Å². The summed E-state index contributed by atoms with van der Waals surface area (Å²) in [6.07, 6.45) is 3.93. The van der Waals surface area contributed by atoms with Crippen LogP contribution < -0.4 is 5.32 Å². The van der Waals surface area contributed by atoms with E-state index in [4.69, 9.17) is 0 Å². The number of benzene rings is 1. The predicted octanol–water partition coefficient (Wildman–Crippen LogP) is 2.69. The lowest BCUT2D eigenvalue weighted by Crippen LogP contribution is -2.37. The molecule has 0 aromatic heterocycles. The van der Waals surface area contributed by atoms with Crippen LogP contribution in [-0.4, -0.2) is 55.6 Å². The maximum atomic E-state index is 12.8. The molecule has 1 N–H and O–H groups in total. The number of carbonyl (C=O) groups is 2. The van der Waals surface area contributed by atoms with Crippen LogP contribution in [0.2, 0.25) is 0 Å². The minimum atomic E-state index is -3.50. The Morgan fingerprint density at radius 1 is 1.17 bits per heavy atom. The molecule has 7 nitrogen and oxygen atoms in total. The Balaban J connectivity index is 1.59. The summed E-state index contributed by atoms with van der Waals surface area (Å²) in [5, 5.41) is 2.82. The van der Waals surface area contributed by atoms with E-state index in [1.54, 1.807) is 17.0 Å². The molecule has 2 aliphatic heterocycles. The SMILES string of the molecule is CCCCN1CC(C(=O)Nc2ccc(S(=O)(=O)N3CCC(C)CC3)cc2)CC1=O. The summed E-state index contributed by atoms with van der Waals surface area (Å²) in [6.45, 7) is 6.45. The fourth-order valence-corrected chi connectivity index (χ4v) is 5.31. The van der Waals surface area contributed by atoms with Gasteiger partial charge in [-0.25, -0.2) is 8.42 Å². The lowest BCUT2D eigenvalue weighted by atomic mass is 10.0. The normalized spacial score (nSPS) is 21.5. The van der Waals surface area contributed by atoms with Crippen LogP contribution in [0.1, 0.15) is 46.0 Å². The number of anilines is 1. The molecule has 0 spiro atoms.